The Balaban J connectivity index is 1.71. The van der Waals surface area contributed by atoms with Crippen molar-refractivity contribution in [3.63, 3.8) is 0 Å². The van der Waals surface area contributed by atoms with Gasteiger partial charge in [0, 0.05) is 18.1 Å². The lowest BCUT2D eigenvalue weighted by molar-refractivity contribution is 0.565. The molecule has 19 heavy (non-hydrogen) atoms. The summed E-state index contributed by atoms with van der Waals surface area (Å²) in [4.78, 5) is 13.3. The Morgan fingerprint density at radius 3 is 2.84 bits per heavy atom. The fourth-order valence-electron chi connectivity index (χ4n) is 1.87. The summed E-state index contributed by atoms with van der Waals surface area (Å²) in [5, 5.41) is 6.49. The van der Waals surface area contributed by atoms with E-state index in [-0.39, 0.29) is 6.04 Å². The first-order valence-electron chi connectivity index (χ1n) is 6.16. The van der Waals surface area contributed by atoms with Gasteiger partial charge in [-0.3, -0.25) is 4.98 Å². The highest BCUT2D eigenvalue weighted by Crippen LogP contribution is 2.15. The number of rotatable bonds is 4. The van der Waals surface area contributed by atoms with E-state index in [0.717, 1.165) is 21.7 Å². The minimum atomic E-state index is 0.230. The predicted octanol–water partition coefficient (Wildman–Crippen LogP) is 2.94. The maximum absolute atomic E-state index is 4.59. The van der Waals surface area contributed by atoms with Crippen molar-refractivity contribution in [3.05, 3.63) is 52.7 Å². The molecule has 3 aromatic rings. The summed E-state index contributed by atoms with van der Waals surface area (Å²) in [6.07, 6.45) is 3.65. The Morgan fingerprint density at radius 1 is 1.21 bits per heavy atom. The molecule has 0 amide bonds. The van der Waals surface area contributed by atoms with Crippen molar-refractivity contribution in [2.75, 3.05) is 0 Å². The number of benzene rings is 1. The summed E-state index contributed by atoms with van der Waals surface area (Å²) < 4.78 is 0. The van der Waals surface area contributed by atoms with E-state index in [9.17, 15) is 0 Å². The number of para-hydroxylation sites is 2. The first-order chi connectivity index (χ1) is 9.33. The van der Waals surface area contributed by atoms with E-state index in [1.54, 1.807) is 11.3 Å². The van der Waals surface area contributed by atoms with Gasteiger partial charge in [0.25, 0.3) is 0 Å². The molecule has 0 aliphatic rings. The van der Waals surface area contributed by atoms with Crippen LogP contribution in [-0.4, -0.2) is 15.0 Å². The van der Waals surface area contributed by atoms with E-state index >= 15 is 0 Å². The molecule has 5 heteroatoms. The second-order valence-corrected chi connectivity index (χ2v) is 5.25. The fourth-order valence-corrected chi connectivity index (χ4v) is 2.54. The zero-order chi connectivity index (χ0) is 13.1. The largest absolute Gasteiger partial charge is 0.302 e. The molecule has 0 bridgehead atoms. The number of nitrogens with zero attached hydrogens (tertiary/aromatic N) is 3. The quantitative estimate of drug-likeness (QED) is 0.792. The molecule has 0 saturated heterocycles. The van der Waals surface area contributed by atoms with Crippen LogP contribution in [-0.2, 0) is 6.54 Å². The lowest BCUT2D eigenvalue weighted by Crippen LogP contribution is -2.18. The topological polar surface area (TPSA) is 50.7 Å². The molecular formula is C14H14N4S. The molecule has 0 aliphatic carbocycles. The molecular weight excluding hydrogens is 256 g/mol. The number of thiazole rings is 1. The molecule has 1 unspecified atom stereocenters. The van der Waals surface area contributed by atoms with Gasteiger partial charge >= 0.3 is 0 Å². The van der Waals surface area contributed by atoms with Crippen LogP contribution in [0.15, 0.2) is 42.0 Å². The summed E-state index contributed by atoms with van der Waals surface area (Å²) in [7, 11) is 0. The molecule has 2 heterocycles. The van der Waals surface area contributed by atoms with E-state index < -0.39 is 0 Å². The Hall–Kier alpha value is -1.85. The van der Waals surface area contributed by atoms with E-state index in [1.807, 2.05) is 42.0 Å². The summed E-state index contributed by atoms with van der Waals surface area (Å²) in [5.41, 5.74) is 2.81. The van der Waals surface area contributed by atoms with Crippen LogP contribution in [0.5, 0.6) is 0 Å². The van der Waals surface area contributed by atoms with Crippen molar-refractivity contribution in [1.29, 1.82) is 0 Å². The summed E-state index contributed by atoms with van der Waals surface area (Å²) >= 11 is 1.66. The van der Waals surface area contributed by atoms with E-state index in [1.165, 1.54) is 0 Å². The molecule has 1 aromatic carbocycles. The minimum absolute atomic E-state index is 0.230. The molecule has 3 rings (SSSR count). The molecule has 0 radical (unpaired) electrons. The molecule has 0 spiro atoms. The standard InChI is InChI=1S/C14H14N4S/c1-10(14-15-6-7-19-14)16-8-11-9-17-12-4-2-3-5-13(12)18-11/h2-7,9-10,16H,8H2,1H3. The van der Waals surface area contributed by atoms with Crippen LogP contribution in [0.25, 0.3) is 11.0 Å². The Labute approximate surface area is 115 Å². The van der Waals surface area contributed by atoms with Gasteiger partial charge in [-0.15, -0.1) is 11.3 Å². The monoisotopic (exact) mass is 270 g/mol. The molecule has 2 aromatic heterocycles. The zero-order valence-electron chi connectivity index (χ0n) is 10.6. The van der Waals surface area contributed by atoms with Crippen molar-refractivity contribution in [1.82, 2.24) is 20.3 Å². The van der Waals surface area contributed by atoms with Gasteiger partial charge in [-0.2, -0.15) is 0 Å². The average molecular weight is 270 g/mol. The number of hydrogen-bond donors (Lipinski definition) is 1. The van der Waals surface area contributed by atoms with Crippen LogP contribution >= 0.6 is 11.3 Å². The van der Waals surface area contributed by atoms with Crippen molar-refractivity contribution in [2.45, 2.75) is 19.5 Å². The lowest BCUT2D eigenvalue weighted by Gasteiger charge is -2.10. The third-order valence-electron chi connectivity index (χ3n) is 2.91. The Morgan fingerprint density at radius 2 is 2.05 bits per heavy atom. The van der Waals surface area contributed by atoms with E-state index in [2.05, 4.69) is 27.2 Å². The van der Waals surface area contributed by atoms with Gasteiger partial charge in [0.05, 0.1) is 29.0 Å². The maximum atomic E-state index is 4.59. The number of aromatic nitrogens is 3. The zero-order valence-corrected chi connectivity index (χ0v) is 11.4. The third kappa shape index (κ3) is 2.77. The fraction of sp³-hybridized carbons (Fsp3) is 0.214. The lowest BCUT2D eigenvalue weighted by atomic mass is 10.3. The van der Waals surface area contributed by atoms with Crippen molar-refractivity contribution in [3.8, 4) is 0 Å². The van der Waals surface area contributed by atoms with Crippen LogP contribution in [0.4, 0.5) is 0 Å². The minimum Gasteiger partial charge on any atom is -0.302 e. The van der Waals surface area contributed by atoms with E-state index in [0.29, 0.717) is 6.54 Å². The highest BCUT2D eigenvalue weighted by atomic mass is 32.1. The van der Waals surface area contributed by atoms with Crippen LogP contribution in [0.1, 0.15) is 23.7 Å². The average Bonchev–Trinajstić information content (AvgIpc) is 2.99. The Kier molecular flexibility index (Phi) is 3.48. The molecule has 1 N–H and O–H groups in total. The number of nitrogens with one attached hydrogen (secondary N) is 1. The van der Waals surface area contributed by atoms with Crippen molar-refractivity contribution >= 4 is 22.4 Å². The second-order valence-electron chi connectivity index (χ2n) is 4.32. The van der Waals surface area contributed by atoms with Gasteiger partial charge in [-0.25, -0.2) is 9.97 Å². The number of fused-ring (bicyclic) bond motifs is 1. The SMILES string of the molecule is CC(NCc1cnc2ccccc2n1)c1nccs1. The van der Waals surface area contributed by atoms with Gasteiger partial charge in [-0.1, -0.05) is 12.1 Å². The van der Waals surface area contributed by atoms with Crippen molar-refractivity contribution < 1.29 is 0 Å². The normalized spacial score (nSPS) is 12.7. The molecule has 0 aliphatic heterocycles. The highest BCUT2D eigenvalue weighted by Gasteiger charge is 2.07. The van der Waals surface area contributed by atoms with Gasteiger partial charge in [0.15, 0.2) is 0 Å². The molecule has 0 fully saturated rings. The smallest absolute Gasteiger partial charge is 0.109 e. The molecule has 0 saturated carbocycles. The van der Waals surface area contributed by atoms with Gasteiger partial charge in [-0.05, 0) is 19.1 Å². The van der Waals surface area contributed by atoms with E-state index in [4.69, 9.17) is 0 Å². The van der Waals surface area contributed by atoms with Crippen LogP contribution < -0.4 is 5.32 Å². The molecule has 96 valence electrons. The van der Waals surface area contributed by atoms with Gasteiger partial charge in [0.2, 0.25) is 0 Å². The molecule has 4 nitrogen and oxygen atoms in total. The second kappa shape index (κ2) is 5.42. The third-order valence-corrected chi connectivity index (χ3v) is 3.87. The summed E-state index contributed by atoms with van der Waals surface area (Å²) in [5.74, 6) is 0. The van der Waals surface area contributed by atoms with Crippen LogP contribution in [0.3, 0.4) is 0 Å². The van der Waals surface area contributed by atoms with Gasteiger partial charge < -0.3 is 5.32 Å². The first kappa shape index (κ1) is 12.2. The first-order valence-corrected chi connectivity index (χ1v) is 7.04. The van der Waals surface area contributed by atoms with Crippen molar-refractivity contribution in [2.24, 2.45) is 0 Å². The number of hydrogen-bond acceptors (Lipinski definition) is 5. The van der Waals surface area contributed by atoms with Crippen LogP contribution in [0, 0.1) is 0 Å². The predicted molar refractivity (Wildman–Crippen MR) is 76.9 cm³/mol. The van der Waals surface area contributed by atoms with Crippen LogP contribution in [0.2, 0.25) is 0 Å². The Bertz CT molecular complexity index is 666. The summed E-state index contributed by atoms with van der Waals surface area (Å²) in [6.45, 7) is 2.80. The summed E-state index contributed by atoms with van der Waals surface area (Å²) in [6, 6.07) is 8.13. The highest BCUT2D eigenvalue weighted by molar-refractivity contribution is 7.09. The van der Waals surface area contributed by atoms with Gasteiger partial charge in [0.1, 0.15) is 5.01 Å². The molecule has 1 atom stereocenters. The maximum Gasteiger partial charge on any atom is 0.109 e.